The van der Waals surface area contributed by atoms with Crippen molar-refractivity contribution in [1.82, 2.24) is 0 Å². The predicted molar refractivity (Wildman–Crippen MR) is 19.5 cm³/mol. The van der Waals surface area contributed by atoms with Crippen LogP contribution in [0.5, 0.6) is 0 Å². The molecule has 1 saturated heterocycles. The smallest absolute Gasteiger partial charge is 0 e. The number of hydrogen-bond donors (Lipinski definition) is 2. The molecule has 5 nitrogen and oxygen atoms in total. The first-order chi connectivity index (χ1) is 2.77. The Bertz CT molecular complexity index is 67.1. The molecule has 0 amide bonds. The third kappa shape index (κ3) is 3.97. The molecule has 40 valence electrons. The quantitative estimate of drug-likeness (QED) is 0.164. The molecular weight excluding hydrogens is 195 g/mol. The van der Waals surface area contributed by atoms with Crippen LogP contribution in [0.3, 0.4) is 0 Å². The number of hydrogen-bond acceptors (Lipinski definition) is 5. The van der Waals surface area contributed by atoms with Crippen molar-refractivity contribution in [3.8, 4) is 0 Å². The van der Waals surface area contributed by atoms with Gasteiger partial charge in [0.15, 0.2) is 0 Å². The van der Waals surface area contributed by atoms with Gasteiger partial charge in [-0.05, 0) is 0 Å². The Labute approximate surface area is 101 Å². The summed E-state index contributed by atoms with van der Waals surface area (Å²) in [6.07, 6.45) is -1.93. The summed E-state index contributed by atoms with van der Waals surface area (Å²) in [7, 11) is 0. The van der Waals surface area contributed by atoms with Crippen LogP contribution in [0.4, 0.5) is 0 Å². The van der Waals surface area contributed by atoms with E-state index >= 15 is 0 Å². The Morgan fingerprint density at radius 3 is 1.88 bits per heavy atom. The maximum atomic E-state index is 8.15. The van der Waals surface area contributed by atoms with Crippen LogP contribution in [-0.4, -0.2) is 62.7 Å². The molecule has 7 heteroatoms. The number of aliphatic hydroxyl groups is 1. The summed E-state index contributed by atoms with van der Waals surface area (Å²) in [6, 6.07) is 0. The second-order valence-corrected chi connectivity index (χ2v) is 0.808. The summed E-state index contributed by atoms with van der Waals surface area (Å²) in [4.78, 5) is 11.2. The molecule has 0 aromatic heterocycles. The van der Waals surface area contributed by atoms with Gasteiger partial charge < -0.3 is 5.11 Å². The van der Waals surface area contributed by atoms with Gasteiger partial charge >= 0.3 is 57.5 Å². The van der Waals surface area contributed by atoms with Crippen LogP contribution in [-0.2, 0) is 34.1 Å². The molecule has 1 fully saturated rings. The minimum atomic E-state index is -1.93. The summed E-state index contributed by atoms with van der Waals surface area (Å²) in [5.74, 6) is 4.37. The van der Waals surface area contributed by atoms with Gasteiger partial charge in [-0.1, -0.05) is 0 Å². The van der Waals surface area contributed by atoms with Crippen molar-refractivity contribution in [2.75, 3.05) is 0 Å². The molecule has 1 aliphatic heterocycles. The molecule has 0 radical (unpaired) electrons. The molecule has 3 N–H and O–H groups in total. The predicted octanol–water partition coefficient (Wildman–Crippen LogP) is -2.21. The van der Waals surface area contributed by atoms with Crippen LogP contribution in [0.1, 0.15) is 0 Å². The van der Waals surface area contributed by atoms with Crippen molar-refractivity contribution in [2.45, 2.75) is 6.16 Å². The molecule has 0 bridgehead atoms. The largest absolute Gasteiger partial charge is 0 e. The fourth-order valence-corrected chi connectivity index (χ4v) is 0.0749. The van der Waals surface area contributed by atoms with E-state index in [1.165, 1.54) is 0 Å². The SMILES string of the molecule is NOC1(O)OO1.[KH].[Zn]. The molecule has 0 spiro atoms. The molecular formula is CH4KNO4Zn. The van der Waals surface area contributed by atoms with Crippen LogP contribution >= 0.6 is 0 Å². The molecule has 0 atom stereocenters. The van der Waals surface area contributed by atoms with Crippen molar-refractivity contribution in [3.63, 3.8) is 0 Å². The van der Waals surface area contributed by atoms with E-state index in [9.17, 15) is 0 Å². The molecule has 0 aromatic rings. The zero-order chi connectivity index (χ0) is 4.62. The molecule has 0 saturated carbocycles. The third-order valence-electron chi connectivity index (χ3n) is 0.375. The standard InChI is InChI=1S/CH3NO4.K.Zn.H/c2-4-1(3)5-6-1;;;/h3H,2H2;;;. The second-order valence-electron chi connectivity index (χ2n) is 0.808. The second kappa shape index (κ2) is 4.81. The van der Waals surface area contributed by atoms with Crippen molar-refractivity contribution in [2.24, 2.45) is 5.90 Å². The molecule has 1 heterocycles. The maximum absolute atomic E-state index is 8.15. The van der Waals surface area contributed by atoms with Gasteiger partial charge in [-0.3, -0.25) is 0 Å². The van der Waals surface area contributed by atoms with Crippen molar-refractivity contribution in [3.05, 3.63) is 0 Å². The van der Waals surface area contributed by atoms with Crippen LogP contribution < -0.4 is 5.90 Å². The van der Waals surface area contributed by atoms with Crippen LogP contribution in [0.2, 0.25) is 0 Å². The first kappa shape index (κ1) is 12.7. The normalized spacial score (nSPS) is 20.2. The van der Waals surface area contributed by atoms with Gasteiger partial charge in [-0.25, -0.2) is 10.7 Å². The summed E-state index contributed by atoms with van der Waals surface area (Å²) >= 11 is 0. The zero-order valence-corrected chi connectivity index (χ0v) is 6.42. The summed E-state index contributed by atoms with van der Waals surface area (Å²) < 4.78 is 0. The Kier molecular flexibility index (Phi) is 7.64. The van der Waals surface area contributed by atoms with E-state index in [1.54, 1.807) is 0 Å². The average Bonchev–Trinajstić information content (AvgIpc) is 2.22. The molecule has 1 rings (SSSR count). The molecule has 0 aromatic carbocycles. The van der Waals surface area contributed by atoms with Crippen LogP contribution in [0, 0.1) is 0 Å². The zero-order valence-electron chi connectivity index (χ0n) is 3.46. The average molecular weight is 199 g/mol. The van der Waals surface area contributed by atoms with Gasteiger partial charge in [0.25, 0.3) is 0 Å². The Balaban J connectivity index is 0. The Hall–Kier alpha value is 2.06. The van der Waals surface area contributed by atoms with Gasteiger partial charge in [-0.15, -0.1) is 9.78 Å². The van der Waals surface area contributed by atoms with Gasteiger partial charge in [0.1, 0.15) is 0 Å². The summed E-state index contributed by atoms with van der Waals surface area (Å²) in [5.41, 5.74) is 0. The van der Waals surface area contributed by atoms with E-state index in [-0.39, 0.29) is 70.9 Å². The van der Waals surface area contributed by atoms with E-state index in [0.717, 1.165) is 0 Å². The van der Waals surface area contributed by atoms with Crippen LogP contribution in [0.25, 0.3) is 0 Å². The minimum absolute atomic E-state index is 0. The number of rotatable bonds is 1. The topological polar surface area (TPSA) is 80.5 Å². The van der Waals surface area contributed by atoms with Crippen molar-refractivity contribution < 1.29 is 39.2 Å². The molecule has 0 unspecified atom stereocenters. The van der Waals surface area contributed by atoms with Crippen molar-refractivity contribution >= 4 is 51.4 Å². The van der Waals surface area contributed by atoms with E-state index in [1.807, 2.05) is 0 Å². The van der Waals surface area contributed by atoms with Gasteiger partial charge in [0.05, 0.1) is 0 Å². The molecule has 1 aliphatic rings. The Morgan fingerprint density at radius 2 is 1.88 bits per heavy atom. The van der Waals surface area contributed by atoms with Crippen LogP contribution in [0.15, 0.2) is 0 Å². The Morgan fingerprint density at radius 1 is 1.50 bits per heavy atom. The molecule has 0 aliphatic carbocycles. The fourth-order valence-electron chi connectivity index (χ4n) is 0.0749. The first-order valence-corrected chi connectivity index (χ1v) is 1.24. The monoisotopic (exact) mass is 197 g/mol. The van der Waals surface area contributed by atoms with Gasteiger partial charge in [-0.2, -0.15) is 0 Å². The minimum Gasteiger partial charge on any atom is 0 e. The van der Waals surface area contributed by atoms with E-state index < -0.39 is 6.16 Å². The van der Waals surface area contributed by atoms with Gasteiger partial charge in [0.2, 0.25) is 0 Å². The summed E-state index contributed by atoms with van der Waals surface area (Å²) in [5, 5.41) is 8.15. The van der Waals surface area contributed by atoms with Crippen molar-refractivity contribution in [1.29, 1.82) is 0 Å². The molecule has 8 heavy (non-hydrogen) atoms. The first-order valence-electron chi connectivity index (χ1n) is 1.24. The van der Waals surface area contributed by atoms with E-state index in [0.29, 0.717) is 0 Å². The fraction of sp³-hybridized carbons (Fsp3) is 1.00. The third-order valence-corrected chi connectivity index (χ3v) is 0.375. The summed E-state index contributed by atoms with van der Waals surface area (Å²) in [6.45, 7) is 0. The van der Waals surface area contributed by atoms with E-state index in [4.69, 9.17) is 5.11 Å². The maximum Gasteiger partial charge on any atom is 0 e. The van der Waals surface area contributed by atoms with E-state index in [2.05, 4.69) is 20.5 Å². The van der Waals surface area contributed by atoms with Gasteiger partial charge in [0, 0.05) is 19.5 Å². The number of nitrogens with two attached hydrogens (primary N) is 1.